The highest BCUT2D eigenvalue weighted by Crippen LogP contribution is 2.32. The van der Waals surface area contributed by atoms with Crippen molar-refractivity contribution in [2.24, 2.45) is 5.92 Å². The number of benzene rings is 1. The molecule has 9 nitrogen and oxygen atoms in total. The lowest BCUT2D eigenvalue weighted by molar-refractivity contribution is -0.142. The number of aromatic nitrogens is 3. The molecule has 0 atom stereocenters. The van der Waals surface area contributed by atoms with Crippen LogP contribution < -0.4 is 10.1 Å². The summed E-state index contributed by atoms with van der Waals surface area (Å²) in [5.41, 5.74) is 0.903. The first-order valence-electron chi connectivity index (χ1n) is 13.8. The number of carbonyl (C=O) groups is 1. The van der Waals surface area contributed by atoms with Gasteiger partial charge < -0.3 is 19.5 Å². The molecule has 2 aliphatic rings. The van der Waals surface area contributed by atoms with Crippen LogP contribution in [0.3, 0.4) is 0 Å². The number of halogens is 2. The third kappa shape index (κ3) is 6.89. The molecule has 1 N–H and O–H groups in total. The van der Waals surface area contributed by atoms with Gasteiger partial charge in [-0.25, -0.2) is 22.2 Å². The first-order chi connectivity index (χ1) is 19.1. The summed E-state index contributed by atoms with van der Waals surface area (Å²) in [6, 6.07) is 9.61. The Hall–Kier alpha value is -3.28. The predicted octanol–water partition coefficient (Wildman–Crippen LogP) is 4.46. The van der Waals surface area contributed by atoms with E-state index >= 15 is 0 Å². The zero-order chi connectivity index (χ0) is 28.3. The van der Waals surface area contributed by atoms with Crippen LogP contribution in [0.1, 0.15) is 44.9 Å². The minimum atomic E-state index is -3.03. The van der Waals surface area contributed by atoms with Crippen LogP contribution >= 0.6 is 0 Å². The highest BCUT2D eigenvalue weighted by Gasteiger charge is 2.38. The molecule has 5 rings (SSSR count). The molecule has 12 heteroatoms. The van der Waals surface area contributed by atoms with Crippen LogP contribution in [0.15, 0.2) is 42.7 Å². The molecule has 0 spiro atoms. The van der Waals surface area contributed by atoms with Crippen molar-refractivity contribution in [3.63, 3.8) is 0 Å². The number of anilines is 1. The molecule has 1 amide bonds. The van der Waals surface area contributed by atoms with Gasteiger partial charge in [0.2, 0.25) is 11.9 Å². The van der Waals surface area contributed by atoms with E-state index in [-0.39, 0.29) is 49.6 Å². The second kappa shape index (κ2) is 11.7. The van der Waals surface area contributed by atoms with E-state index in [1.807, 2.05) is 41.1 Å². The SMILES string of the molecule is CS(=O)(=O)CCCOc1cccc2c1ccn2-c1ccnc(N[C@H]2CC[C@H](C(=O)N3CCC(F)(F)CC3)CC2)n1. The number of fused-ring (bicyclic) bond motifs is 1. The normalized spacial score (nSPS) is 21.3. The zero-order valence-electron chi connectivity index (χ0n) is 22.6. The topological polar surface area (TPSA) is 106 Å². The molecule has 216 valence electrons. The summed E-state index contributed by atoms with van der Waals surface area (Å²) < 4.78 is 57.5. The number of ether oxygens (including phenoxy) is 1. The summed E-state index contributed by atoms with van der Waals surface area (Å²) in [7, 11) is -3.03. The summed E-state index contributed by atoms with van der Waals surface area (Å²) in [6.07, 6.45) is 7.71. The first-order valence-corrected chi connectivity index (χ1v) is 15.8. The standard InChI is InChI=1S/C28H35F2N5O4S/c1-40(37,38)19-3-18-39-24-5-2-4-23-22(24)11-15-35(23)25-10-14-31-27(33-25)32-21-8-6-20(7-9-21)26(36)34-16-12-28(29,30)13-17-34/h2,4-5,10-11,14-15,20-21H,3,6-9,12-13,16-19H2,1H3,(H,31,32,33)/t20-,21-. The monoisotopic (exact) mass is 575 g/mol. The second-order valence-electron chi connectivity index (χ2n) is 10.8. The second-order valence-corrected chi connectivity index (χ2v) is 13.1. The summed E-state index contributed by atoms with van der Waals surface area (Å²) in [5, 5.41) is 4.30. The molecule has 1 aromatic carbocycles. The van der Waals surface area contributed by atoms with Crippen LogP contribution in [0.5, 0.6) is 5.75 Å². The molecule has 3 heterocycles. The zero-order valence-corrected chi connectivity index (χ0v) is 23.4. The molecular formula is C28H35F2N5O4S. The highest BCUT2D eigenvalue weighted by atomic mass is 32.2. The number of carbonyl (C=O) groups excluding carboxylic acids is 1. The Balaban J connectivity index is 1.19. The van der Waals surface area contributed by atoms with Gasteiger partial charge in [-0.3, -0.25) is 4.79 Å². The van der Waals surface area contributed by atoms with Gasteiger partial charge in [0.15, 0.2) is 0 Å². The number of sulfone groups is 1. The molecular weight excluding hydrogens is 540 g/mol. The molecule has 0 bridgehead atoms. The molecule has 0 unspecified atom stereocenters. The maximum atomic E-state index is 13.5. The van der Waals surface area contributed by atoms with Gasteiger partial charge in [-0.1, -0.05) is 6.07 Å². The maximum absolute atomic E-state index is 13.5. The third-order valence-corrected chi connectivity index (χ3v) is 8.74. The number of nitrogens with zero attached hydrogens (tertiary/aromatic N) is 4. The Bertz CT molecular complexity index is 1440. The van der Waals surface area contributed by atoms with Gasteiger partial charge >= 0.3 is 0 Å². The molecule has 1 aliphatic carbocycles. The van der Waals surface area contributed by atoms with Crippen LogP contribution in [-0.2, 0) is 14.6 Å². The average Bonchev–Trinajstić information content (AvgIpc) is 3.36. The van der Waals surface area contributed by atoms with Crippen LogP contribution in [0, 0.1) is 5.92 Å². The molecule has 1 saturated heterocycles. The molecule has 0 radical (unpaired) electrons. The van der Waals surface area contributed by atoms with Gasteiger partial charge in [-0.15, -0.1) is 0 Å². The number of alkyl halides is 2. The summed E-state index contributed by atoms with van der Waals surface area (Å²) in [4.78, 5) is 23.6. The Morgan fingerprint density at radius 3 is 2.60 bits per heavy atom. The Morgan fingerprint density at radius 1 is 1.12 bits per heavy atom. The first kappa shape index (κ1) is 28.3. The fourth-order valence-corrected chi connectivity index (χ4v) is 6.14. The lowest BCUT2D eigenvalue weighted by Crippen LogP contribution is -2.46. The number of nitrogens with one attached hydrogen (secondary N) is 1. The summed E-state index contributed by atoms with van der Waals surface area (Å²) in [5.74, 6) is -0.818. The van der Waals surface area contributed by atoms with Crippen LogP contribution in [0.2, 0.25) is 0 Å². The van der Waals surface area contributed by atoms with E-state index in [1.165, 1.54) is 6.26 Å². The predicted molar refractivity (Wildman–Crippen MR) is 149 cm³/mol. The van der Waals surface area contributed by atoms with Gasteiger partial charge in [-0.05, 0) is 56.4 Å². The van der Waals surface area contributed by atoms with Gasteiger partial charge in [0.05, 0.1) is 17.9 Å². The van der Waals surface area contributed by atoms with E-state index in [1.54, 1.807) is 11.1 Å². The minimum Gasteiger partial charge on any atom is -0.493 e. The Labute approximate surface area is 232 Å². The quantitative estimate of drug-likeness (QED) is 0.376. The van der Waals surface area contributed by atoms with E-state index in [2.05, 4.69) is 10.3 Å². The average molecular weight is 576 g/mol. The Morgan fingerprint density at radius 2 is 1.88 bits per heavy atom. The molecule has 1 saturated carbocycles. The van der Waals surface area contributed by atoms with E-state index < -0.39 is 15.8 Å². The smallest absolute Gasteiger partial charge is 0.251 e. The third-order valence-electron chi connectivity index (χ3n) is 7.71. The molecule has 2 aromatic heterocycles. The van der Waals surface area contributed by atoms with Crippen molar-refractivity contribution in [1.82, 2.24) is 19.4 Å². The van der Waals surface area contributed by atoms with Crippen LogP contribution in [0.25, 0.3) is 16.7 Å². The number of amides is 1. The van der Waals surface area contributed by atoms with E-state index in [0.29, 0.717) is 43.4 Å². The summed E-state index contributed by atoms with van der Waals surface area (Å²) >= 11 is 0. The lowest BCUT2D eigenvalue weighted by Gasteiger charge is -2.36. The van der Waals surface area contributed by atoms with Gasteiger partial charge in [0.25, 0.3) is 5.92 Å². The number of rotatable bonds is 9. The van der Waals surface area contributed by atoms with Gasteiger partial charge in [0, 0.05) is 61.9 Å². The van der Waals surface area contributed by atoms with Crippen molar-refractivity contribution in [1.29, 1.82) is 0 Å². The van der Waals surface area contributed by atoms with Crippen molar-refractivity contribution in [3.05, 3.63) is 42.7 Å². The highest BCUT2D eigenvalue weighted by molar-refractivity contribution is 7.90. The number of piperidine rings is 1. The van der Waals surface area contributed by atoms with Crippen molar-refractivity contribution >= 4 is 32.6 Å². The van der Waals surface area contributed by atoms with Crippen molar-refractivity contribution < 1.29 is 26.7 Å². The van der Waals surface area contributed by atoms with E-state index in [4.69, 9.17) is 9.72 Å². The Kier molecular flexibility index (Phi) is 8.25. The molecule has 2 fully saturated rings. The fraction of sp³-hybridized carbons (Fsp3) is 0.536. The van der Waals surface area contributed by atoms with Crippen LogP contribution in [0.4, 0.5) is 14.7 Å². The largest absolute Gasteiger partial charge is 0.493 e. The maximum Gasteiger partial charge on any atom is 0.251 e. The van der Waals surface area contributed by atoms with Crippen LogP contribution in [-0.4, -0.2) is 77.4 Å². The number of hydrogen-bond donors (Lipinski definition) is 1. The van der Waals surface area contributed by atoms with Gasteiger partial charge in [-0.2, -0.15) is 4.98 Å². The molecule has 40 heavy (non-hydrogen) atoms. The van der Waals surface area contributed by atoms with E-state index in [9.17, 15) is 22.0 Å². The fourth-order valence-electron chi connectivity index (χ4n) is 5.50. The van der Waals surface area contributed by atoms with Crippen molar-refractivity contribution in [2.45, 2.75) is 56.9 Å². The lowest BCUT2D eigenvalue weighted by atomic mass is 9.84. The van der Waals surface area contributed by atoms with E-state index in [0.717, 1.165) is 23.7 Å². The molecule has 1 aliphatic heterocycles. The number of hydrogen-bond acceptors (Lipinski definition) is 7. The molecule has 3 aromatic rings. The van der Waals surface area contributed by atoms with Crippen molar-refractivity contribution in [2.75, 3.05) is 37.0 Å². The van der Waals surface area contributed by atoms with Crippen molar-refractivity contribution in [3.8, 4) is 11.6 Å². The van der Waals surface area contributed by atoms with Gasteiger partial charge in [0.1, 0.15) is 21.4 Å². The summed E-state index contributed by atoms with van der Waals surface area (Å²) in [6.45, 7) is 0.575. The minimum absolute atomic E-state index is 0.00503. The number of likely N-dealkylation sites (tertiary alicyclic amines) is 1.